The van der Waals surface area contributed by atoms with Gasteiger partial charge in [0.1, 0.15) is 11.9 Å². The first-order valence-electron chi connectivity index (χ1n) is 6.00. The molecule has 0 N–H and O–H groups in total. The molecule has 5 nitrogen and oxygen atoms in total. The zero-order valence-electron chi connectivity index (χ0n) is 12.0. The van der Waals surface area contributed by atoms with Gasteiger partial charge in [0.15, 0.2) is 0 Å². The van der Waals surface area contributed by atoms with Gasteiger partial charge in [0.25, 0.3) is 0 Å². The molecular weight excluding hydrogens is 244 g/mol. The molecule has 5 heteroatoms. The summed E-state index contributed by atoms with van der Waals surface area (Å²) < 4.78 is 0. The zero-order chi connectivity index (χ0) is 14.7. The van der Waals surface area contributed by atoms with Crippen LogP contribution in [-0.2, 0) is 4.79 Å². The van der Waals surface area contributed by atoms with Gasteiger partial charge >= 0.3 is 0 Å². The van der Waals surface area contributed by atoms with E-state index >= 15 is 0 Å². The van der Waals surface area contributed by atoms with Crippen molar-refractivity contribution in [2.24, 2.45) is 0 Å². The van der Waals surface area contributed by atoms with Gasteiger partial charge in [-0.2, -0.15) is 0 Å². The number of carbonyl (C=O) groups is 2. The smallest absolute Gasteiger partial charge is 0.149 e. The number of anilines is 2. The second-order valence-corrected chi connectivity index (χ2v) is 4.88. The third kappa shape index (κ3) is 3.47. The molecule has 0 aliphatic heterocycles. The van der Waals surface area contributed by atoms with Crippen molar-refractivity contribution >= 4 is 23.3 Å². The minimum atomic E-state index is -1.37. The molecule has 19 heavy (non-hydrogen) atoms. The molecule has 0 aliphatic carbocycles. The average Bonchev–Trinajstić information content (AvgIpc) is 2.23. The van der Waals surface area contributed by atoms with E-state index in [0.717, 1.165) is 21.7 Å². The Hall–Kier alpha value is -2.04. The number of hydrogen-bond donors (Lipinski definition) is 0. The largest absolute Gasteiger partial charge is 0.530 e. The van der Waals surface area contributed by atoms with Crippen molar-refractivity contribution in [2.75, 3.05) is 30.4 Å². The summed E-state index contributed by atoms with van der Waals surface area (Å²) in [7, 11) is 3.86. The van der Waals surface area contributed by atoms with E-state index in [1.54, 1.807) is 12.1 Å². The summed E-state index contributed by atoms with van der Waals surface area (Å²) in [5.41, 5.74) is 3.42. The van der Waals surface area contributed by atoms with Gasteiger partial charge in [0.05, 0.1) is 6.54 Å². The molecule has 1 rings (SSSR count). The highest BCUT2D eigenvalue weighted by Crippen LogP contribution is 2.28. The molecule has 104 valence electrons. The van der Waals surface area contributed by atoms with Crippen LogP contribution in [0.3, 0.4) is 0 Å². The SMILES string of the molecule is CC(=O)CN(C(=O)[O-])c1cc(C)c(N(C)C)c(C)c1. The van der Waals surface area contributed by atoms with Crippen LogP contribution in [-0.4, -0.2) is 32.5 Å². The van der Waals surface area contributed by atoms with Crippen molar-refractivity contribution in [3.05, 3.63) is 23.3 Å². The van der Waals surface area contributed by atoms with E-state index in [1.807, 2.05) is 32.8 Å². The number of hydrogen-bond acceptors (Lipinski definition) is 4. The maximum atomic E-state index is 11.1. The van der Waals surface area contributed by atoms with Crippen LogP contribution in [0, 0.1) is 13.8 Å². The topological polar surface area (TPSA) is 63.7 Å². The predicted octanol–water partition coefficient (Wildman–Crippen LogP) is 1.11. The number of ketones is 1. The summed E-state index contributed by atoms with van der Waals surface area (Å²) >= 11 is 0. The molecule has 0 saturated heterocycles. The van der Waals surface area contributed by atoms with Crippen molar-refractivity contribution in [3.8, 4) is 0 Å². The van der Waals surface area contributed by atoms with Crippen molar-refractivity contribution < 1.29 is 14.7 Å². The number of carbonyl (C=O) groups excluding carboxylic acids is 2. The van der Waals surface area contributed by atoms with Crippen LogP contribution < -0.4 is 14.9 Å². The highest BCUT2D eigenvalue weighted by atomic mass is 16.4. The molecule has 0 radical (unpaired) electrons. The monoisotopic (exact) mass is 263 g/mol. The quantitative estimate of drug-likeness (QED) is 0.816. The highest BCUT2D eigenvalue weighted by Gasteiger charge is 2.14. The lowest BCUT2D eigenvalue weighted by atomic mass is 10.1. The molecule has 1 aromatic carbocycles. The van der Waals surface area contributed by atoms with Crippen LogP contribution in [0.1, 0.15) is 18.1 Å². The van der Waals surface area contributed by atoms with Gasteiger partial charge in [-0.3, -0.25) is 4.79 Å². The van der Waals surface area contributed by atoms with Gasteiger partial charge in [-0.1, -0.05) is 0 Å². The molecule has 0 heterocycles. The number of rotatable bonds is 4. The summed E-state index contributed by atoms with van der Waals surface area (Å²) in [6.07, 6.45) is -1.37. The van der Waals surface area contributed by atoms with Crippen molar-refractivity contribution in [1.29, 1.82) is 0 Å². The van der Waals surface area contributed by atoms with Crippen LogP contribution in [0.4, 0.5) is 16.2 Å². The molecule has 0 aliphatic rings. The van der Waals surface area contributed by atoms with Crippen LogP contribution in [0.5, 0.6) is 0 Å². The molecule has 0 atom stereocenters. The fourth-order valence-corrected chi connectivity index (χ4v) is 2.28. The van der Waals surface area contributed by atoms with Crippen molar-refractivity contribution in [2.45, 2.75) is 20.8 Å². The number of benzene rings is 1. The van der Waals surface area contributed by atoms with Crippen molar-refractivity contribution in [3.63, 3.8) is 0 Å². The minimum absolute atomic E-state index is 0.192. The molecular formula is C14H19N2O3-. The van der Waals surface area contributed by atoms with Crippen LogP contribution in [0.15, 0.2) is 12.1 Å². The van der Waals surface area contributed by atoms with E-state index in [0.29, 0.717) is 5.69 Å². The molecule has 0 bridgehead atoms. The molecule has 1 amide bonds. The Morgan fingerprint density at radius 3 is 1.95 bits per heavy atom. The van der Waals surface area contributed by atoms with E-state index in [9.17, 15) is 14.7 Å². The minimum Gasteiger partial charge on any atom is -0.530 e. The fraction of sp³-hybridized carbons (Fsp3) is 0.429. The molecule has 0 aromatic heterocycles. The predicted molar refractivity (Wildman–Crippen MR) is 73.7 cm³/mol. The first-order valence-corrected chi connectivity index (χ1v) is 6.00. The Bertz CT molecular complexity index is 486. The van der Waals surface area contributed by atoms with E-state index in [1.165, 1.54) is 6.92 Å². The van der Waals surface area contributed by atoms with E-state index in [4.69, 9.17) is 0 Å². The van der Waals surface area contributed by atoms with E-state index in [-0.39, 0.29) is 12.3 Å². The Morgan fingerprint density at radius 2 is 1.63 bits per heavy atom. The number of carboxylic acid groups (broad SMARTS) is 1. The number of aryl methyl sites for hydroxylation is 2. The fourth-order valence-electron chi connectivity index (χ4n) is 2.28. The average molecular weight is 263 g/mol. The molecule has 0 unspecified atom stereocenters. The third-order valence-electron chi connectivity index (χ3n) is 2.84. The summed E-state index contributed by atoms with van der Waals surface area (Å²) in [5.74, 6) is -0.226. The van der Waals surface area contributed by atoms with Gasteiger partial charge in [-0.25, -0.2) is 0 Å². The van der Waals surface area contributed by atoms with Gasteiger partial charge in [-0.15, -0.1) is 0 Å². The lowest BCUT2D eigenvalue weighted by molar-refractivity contribution is -0.246. The van der Waals surface area contributed by atoms with Gasteiger partial charge < -0.3 is 19.7 Å². The Kier molecular flexibility index (Phi) is 4.53. The molecule has 1 aromatic rings. The maximum Gasteiger partial charge on any atom is 0.149 e. The van der Waals surface area contributed by atoms with E-state index in [2.05, 4.69) is 0 Å². The molecule has 0 fully saturated rings. The summed E-state index contributed by atoms with van der Waals surface area (Å²) in [6, 6.07) is 3.50. The number of Topliss-reactive ketones (excluding diaryl/α,β-unsaturated/α-hetero) is 1. The first-order chi connectivity index (χ1) is 8.73. The summed E-state index contributed by atoms with van der Waals surface area (Å²) in [4.78, 5) is 25.2. The van der Waals surface area contributed by atoms with Gasteiger partial charge in [0, 0.05) is 25.5 Å². The van der Waals surface area contributed by atoms with Crippen LogP contribution in [0.25, 0.3) is 0 Å². The maximum absolute atomic E-state index is 11.1. The van der Waals surface area contributed by atoms with Gasteiger partial charge in [-0.05, 0) is 44.0 Å². The van der Waals surface area contributed by atoms with Gasteiger partial charge in [0.2, 0.25) is 0 Å². The standard InChI is InChI=1S/C14H20N2O3/c1-9-6-12(7-10(2)13(9)15(4)5)16(14(18)19)8-11(3)17/h6-7H,8H2,1-5H3,(H,18,19)/p-1. The van der Waals surface area contributed by atoms with E-state index < -0.39 is 6.09 Å². The summed E-state index contributed by atoms with van der Waals surface area (Å²) in [6.45, 7) is 4.98. The molecule has 0 saturated carbocycles. The Balaban J connectivity index is 3.27. The van der Waals surface area contributed by atoms with Crippen LogP contribution in [0.2, 0.25) is 0 Å². The summed E-state index contributed by atoms with van der Waals surface area (Å²) in [5, 5.41) is 11.1. The Labute approximate surface area is 113 Å². The second kappa shape index (κ2) is 5.73. The number of amides is 1. The number of nitrogens with zero attached hydrogens (tertiary/aromatic N) is 2. The van der Waals surface area contributed by atoms with Crippen molar-refractivity contribution in [1.82, 2.24) is 0 Å². The zero-order valence-corrected chi connectivity index (χ0v) is 12.0. The van der Waals surface area contributed by atoms with Crippen LogP contribution >= 0.6 is 0 Å². The third-order valence-corrected chi connectivity index (χ3v) is 2.84. The first kappa shape index (κ1) is 15.0. The highest BCUT2D eigenvalue weighted by molar-refractivity contribution is 5.93. The lowest BCUT2D eigenvalue weighted by Gasteiger charge is -2.27. The Morgan fingerprint density at radius 1 is 1.16 bits per heavy atom. The molecule has 0 spiro atoms. The second-order valence-electron chi connectivity index (χ2n) is 4.88. The normalized spacial score (nSPS) is 10.2. The lowest BCUT2D eigenvalue weighted by Crippen LogP contribution is -2.43.